The lowest BCUT2D eigenvalue weighted by molar-refractivity contribution is 0.360. The quantitative estimate of drug-likeness (QED) is 0.477. The van der Waals surface area contributed by atoms with Crippen LogP contribution in [-0.2, 0) is 9.59 Å². The Balaban J connectivity index is 3.88. The number of rotatable bonds is 7. The van der Waals surface area contributed by atoms with Crippen LogP contribution in [0.2, 0.25) is 0 Å². The van der Waals surface area contributed by atoms with Crippen LogP contribution in [0.5, 0.6) is 0 Å². The Hall–Kier alpha value is -1.24. The lowest BCUT2D eigenvalue weighted by Crippen LogP contribution is -2.15. The number of aliphatic imine (C=N–C) groups is 2. The van der Waals surface area contributed by atoms with Crippen molar-refractivity contribution in [3.8, 4) is 0 Å². The minimum absolute atomic E-state index is 0.0134. The Kier molecular flexibility index (Phi) is 7.43. The average molecular weight is 210 g/mol. The smallest absolute Gasteiger partial charge is 0.211 e. The van der Waals surface area contributed by atoms with Crippen molar-refractivity contribution in [2.45, 2.75) is 39.7 Å². The second-order valence-electron chi connectivity index (χ2n) is 4.04. The summed E-state index contributed by atoms with van der Waals surface area (Å²) in [6.07, 6.45) is 4.95. The normalized spacial score (nSPS) is 15.7. The van der Waals surface area contributed by atoms with E-state index in [-0.39, 0.29) is 6.04 Å². The highest BCUT2D eigenvalue weighted by Gasteiger charge is 2.14. The zero-order valence-electron chi connectivity index (χ0n) is 9.56. The summed E-state index contributed by atoms with van der Waals surface area (Å²) in [5.74, 6) is 0.822. The predicted octanol–water partition coefficient (Wildman–Crippen LogP) is 2.10. The molecule has 0 aromatic rings. The average Bonchev–Trinajstić information content (AvgIpc) is 2.18. The van der Waals surface area contributed by atoms with Gasteiger partial charge in [0.2, 0.25) is 12.2 Å². The third-order valence-electron chi connectivity index (χ3n) is 2.65. The molecule has 0 radical (unpaired) electrons. The highest BCUT2D eigenvalue weighted by Crippen LogP contribution is 2.19. The molecule has 0 amide bonds. The first-order valence-electron chi connectivity index (χ1n) is 5.22. The Morgan fingerprint density at radius 1 is 1.13 bits per heavy atom. The highest BCUT2D eigenvalue weighted by atomic mass is 16.1. The van der Waals surface area contributed by atoms with Crippen molar-refractivity contribution in [2.24, 2.45) is 21.8 Å². The van der Waals surface area contributed by atoms with Crippen LogP contribution in [0.4, 0.5) is 0 Å². The van der Waals surface area contributed by atoms with E-state index in [1.165, 1.54) is 6.08 Å². The van der Waals surface area contributed by atoms with Crippen molar-refractivity contribution in [3.05, 3.63) is 0 Å². The molecule has 0 aromatic carbocycles. The van der Waals surface area contributed by atoms with E-state index in [1.54, 1.807) is 6.08 Å². The van der Waals surface area contributed by atoms with Gasteiger partial charge < -0.3 is 0 Å². The van der Waals surface area contributed by atoms with Gasteiger partial charge in [-0.05, 0) is 31.6 Å². The van der Waals surface area contributed by atoms with Crippen molar-refractivity contribution in [1.29, 1.82) is 0 Å². The van der Waals surface area contributed by atoms with Crippen molar-refractivity contribution < 1.29 is 9.59 Å². The molecule has 0 saturated heterocycles. The van der Waals surface area contributed by atoms with Crippen LogP contribution in [0, 0.1) is 11.8 Å². The maximum atomic E-state index is 10.1. The van der Waals surface area contributed by atoms with E-state index >= 15 is 0 Å². The Morgan fingerprint density at radius 3 is 2.33 bits per heavy atom. The molecule has 0 fully saturated rings. The minimum Gasteiger partial charge on any atom is -0.211 e. The first-order valence-corrected chi connectivity index (χ1v) is 5.22. The van der Waals surface area contributed by atoms with Crippen LogP contribution < -0.4 is 0 Å². The topological polar surface area (TPSA) is 58.9 Å². The van der Waals surface area contributed by atoms with Gasteiger partial charge in [0.1, 0.15) is 0 Å². The van der Waals surface area contributed by atoms with Gasteiger partial charge >= 0.3 is 0 Å². The van der Waals surface area contributed by atoms with E-state index < -0.39 is 0 Å². The minimum atomic E-state index is 0.0134. The van der Waals surface area contributed by atoms with E-state index in [2.05, 4.69) is 23.8 Å². The van der Waals surface area contributed by atoms with E-state index in [4.69, 9.17) is 0 Å². The van der Waals surface area contributed by atoms with Crippen molar-refractivity contribution in [2.75, 3.05) is 6.54 Å². The van der Waals surface area contributed by atoms with Gasteiger partial charge in [-0.2, -0.15) is 0 Å². The zero-order valence-corrected chi connectivity index (χ0v) is 9.56. The third-order valence-corrected chi connectivity index (χ3v) is 2.65. The Labute approximate surface area is 90.5 Å². The molecule has 0 N–H and O–H groups in total. The fourth-order valence-electron chi connectivity index (χ4n) is 1.49. The molecule has 0 bridgehead atoms. The summed E-state index contributed by atoms with van der Waals surface area (Å²) in [6.45, 7) is 6.60. The fraction of sp³-hybridized carbons (Fsp3) is 0.818. The van der Waals surface area contributed by atoms with Crippen LogP contribution >= 0.6 is 0 Å². The SMILES string of the molecule is CC(CCN=C=O)CC(C)C(C)N=C=O. The van der Waals surface area contributed by atoms with Gasteiger partial charge in [0, 0.05) is 0 Å². The molecular weight excluding hydrogens is 192 g/mol. The van der Waals surface area contributed by atoms with Gasteiger partial charge in [-0.3, -0.25) is 0 Å². The molecular formula is C11H18N2O2. The summed E-state index contributed by atoms with van der Waals surface area (Å²) >= 11 is 0. The van der Waals surface area contributed by atoms with Crippen LogP contribution in [0.3, 0.4) is 0 Å². The molecule has 0 spiro atoms. The molecule has 3 unspecified atom stereocenters. The molecule has 15 heavy (non-hydrogen) atoms. The number of hydrogen-bond donors (Lipinski definition) is 0. The molecule has 3 atom stereocenters. The van der Waals surface area contributed by atoms with Crippen molar-refractivity contribution in [1.82, 2.24) is 0 Å². The maximum absolute atomic E-state index is 10.1. The van der Waals surface area contributed by atoms with Gasteiger partial charge in [0.15, 0.2) is 0 Å². The molecule has 4 heteroatoms. The standard InChI is InChI=1S/C11H18N2O2/c1-9(4-5-12-7-14)6-10(2)11(3)13-8-15/h9-11H,4-6H2,1-3H3. The van der Waals surface area contributed by atoms with Gasteiger partial charge in [0.25, 0.3) is 0 Å². The summed E-state index contributed by atoms with van der Waals surface area (Å²) < 4.78 is 0. The van der Waals surface area contributed by atoms with Gasteiger partial charge in [-0.1, -0.05) is 13.8 Å². The van der Waals surface area contributed by atoms with Crippen molar-refractivity contribution in [3.63, 3.8) is 0 Å². The number of hydrogen-bond acceptors (Lipinski definition) is 4. The molecule has 0 rings (SSSR count). The van der Waals surface area contributed by atoms with Gasteiger partial charge in [-0.15, -0.1) is 0 Å². The summed E-state index contributed by atoms with van der Waals surface area (Å²) in [6, 6.07) is 0.0134. The number of isocyanates is 2. The second-order valence-corrected chi connectivity index (χ2v) is 4.04. The molecule has 4 nitrogen and oxygen atoms in total. The van der Waals surface area contributed by atoms with E-state index in [0.29, 0.717) is 18.4 Å². The Morgan fingerprint density at radius 2 is 1.80 bits per heavy atom. The summed E-state index contributed by atoms with van der Waals surface area (Å²) in [5, 5.41) is 0. The number of carbonyl (C=O) groups excluding carboxylic acids is 2. The molecule has 0 aromatic heterocycles. The van der Waals surface area contributed by atoms with Crippen LogP contribution in [-0.4, -0.2) is 24.7 Å². The van der Waals surface area contributed by atoms with E-state index in [0.717, 1.165) is 12.8 Å². The largest absolute Gasteiger partial charge is 0.235 e. The molecule has 0 saturated carbocycles. The highest BCUT2D eigenvalue weighted by molar-refractivity contribution is 5.33. The lowest BCUT2D eigenvalue weighted by atomic mass is 9.90. The van der Waals surface area contributed by atoms with Crippen LogP contribution in [0.25, 0.3) is 0 Å². The first-order chi connectivity index (χ1) is 7.11. The van der Waals surface area contributed by atoms with E-state index in [1.807, 2.05) is 6.92 Å². The lowest BCUT2D eigenvalue weighted by Gasteiger charge is -2.18. The van der Waals surface area contributed by atoms with E-state index in [9.17, 15) is 9.59 Å². The number of nitrogens with zero attached hydrogens (tertiary/aromatic N) is 2. The Bertz CT molecular complexity index is 266. The van der Waals surface area contributed by atoms with Crippen LogP contribution in [0.15, 0.2) is 9.98 Å². The third kappa shape index (κ3) is 6.78. The summed E-state index contributed by atoms with van der Waals surface area (Å²) in [7, 11) is 0. The van der Waals surface area contributed by atoms with Gasteiger partial charge in [-0.25, -0.2) is 19.6 Å². The molecule has 0 aliphatic carbocycles. The van der Waals surface area contributed by atoms with Crippen molar-refractivity contribution >= 4 is 12.2 Å². The monoisotopic (exact) mass is 210 g/mol. The second kappa shape index (κ2) is 8.10. The molecule has 84 valence electrons. The molecule has 0 heterocycles. The predicted molar refractivity (Wildman–Crippen MR) is 58.1 cm³/mol. The summed E-state index contributed by atoms with van der Waals surface area (Å²) in [4.78, 5) is 27.1. The molecule has 0 aliphatic heterocycles. The maximum Gasteiger partial charge on any atom is 0.235 e. The molecule has 0 aliphatic rings. The zero-order chi connectivity index (χ0) is 11.7. The first kappa shape index (κ1) is 13.8. The van der Waals surface area contributed by atoms with Crippen LogP contribution in [0.1, 0.15) is 33.6 Å². The van der Waals surface area contributed by atoms with Gasteiger partial charge in [0.05, 0.1) is 12.6 Å². The summed E-state index contributed by atoms with van der Waals surface area (Å²) in [5.41, 5.74) is 0. The fourth-order valence-corrected chi connectivity index (χ4v) is 1.49.